The van der Waals surface area contributed by atoms with Gasteiger partial charge in [-0.3, -0.25) is 9.36 Å². The van der Waals surface area contributed by atoms with Crippen molar-refractivity contribution in [1.82, 2.24) is 0 Å². The van der Waals surface area contributed by atoms with Crippen LogP contribution in [0.4, 0.5) is 0 Å². The zero-order valence-corrected chi connectivity index (χ0v) is 10.4. The van der Waals surface area contributed by atoms with Crippen LogP contribution in [0.3, 0.4) is 0 Å². The summed E-state index contributed by atoms with van der Waals surface area (Å²) in [5.74, 6) is -0.578. The fraction of sp³-hybridized carbons (Fsp3) is 0.889. The minimum absolute atomic E-state index is 0.316. The second-order valence-electron chi connectivity index (χ2n) is 3.01. The summed E-state index contributed by atoms with van der Waals surface area (Å²) < 4.78 is 26.6. The summed E-state index contributed by atoms with van der Waals surface area (Å²) in [6, 6.07) is 0. The minimum atomic E-state index is -3.30. The van der Waals surface area contributed by atoms with Gasteiger partial charge in [-0.25, -0.2) is 0 Å². The Morgan fingerprint density at radius 2 is 1.60 bits per heavy atom. The number of hydrogen-bond donors (Lipinski definition) is 0. The van der Waals surface area contributed by atoms with Gasteiger partial charge in [0, 0.05) is 0 Å². The van der Waals surface area contributed by atoms with Gasteiger partial charge in [-0.15, -0.1) is 0 Å². The van der Waals surface area contributed by atoms with E-state index >= 15 is 0 Å². The van der Waals surface area contributed by atoms with Gasteiger partial charge in [0.25, 0.3) is 0 Å². The van der Waals surface area contributed by atoms with Gasteiger partial charge >= 0.3 is 13.6 Å². The SMILES string of the molecule is CCCOP(=O)(CC(=O)OC)OCCC. The van der Waals surface area contributed by atoms with E-state index in [9.17, 15) is 9.36 Å². The van der Waals surface area contributed by atoms with E-state index in [-0.39, 0.29) is 6.16 Å². The van der Waals surface area contributed by atoms with Crippen LogP contribution in [0.25, 0.3) is 0 Å². The lowest BCUT2D eigenvalue weighted by Crippen LogP contribution is -2.11. The van der Waals surface area contributed by atoms with Crippen molar-refractivity contribution in [1.29, 1.82) is 0 Å². The molecule has 90 valence electrons. The number of ether oxygens (including phenoxy) is 1. The molecule has 0 aliphatic carbocycles. The molecule has 0 bridgehead atoms. The molecule has 0 N–H and O–H groups in total. The molecular formula is C9H19O5P. The Morgan fingerprint density at radius 1 is 1.13 bits per heavy atom. The van der Waals surface area contributed by atoms with Crippen molar-refractivity contribution in [2.24, 2.45) is 0 Å². The van der Waals surface area contributed by atoms with Crippen molar-refractivity contribution >= 4 is 13.6 Å². The van der Waals surface area contributed by atoms with Gasteiger partial charge in [-0.1, -0.05) is 13.8 Å². The summed E-state index contributed by atoms with van der Waals surface area (Å²) in [7, 11) is -2.06. The van der Waals surface area contributed by atoms with Gasteiger partial charge < -0.3 is 13.8 Å². The molecule has 15 heavy (non-hydrogen) atoms. The number of methoxy groups -OCH3 is 1. The molecular weight excluding hydrogens is 219 g/mol. The van der Waals surface area contributed by atoms with E-state index in [0.717, 1.165) is 12.8 Å². The van der Waals surface area contributed by atoms with Crippen LogP contribution in [-0.4, -0.2) is 32.5 Å². The molecule has 0 aromatic carbocycles. The molecule has 0 saturated carbocycles. The molecule has 0 heterocycles. The third-order valence-corrected chi connectivity index (χ3v) is 3.33. The highest BCUT2D eigenvalue weighted by atomic mass is 31.2. The fourth-order valence-electron chi connectivity index (χ4n) is 0.812. The number of carbonyl (C=O) groups excluding carboxylic acids is 1. The van der Waals surface area contributed by atoms with Crippen LogP contribution in [0, 0.1) is 0 Å². The standard InChI is InChI=1S/C9H19O5P/c1-4-6-13-15(11,14-7-5-2)8-9(10)12-3/h4-8H2,1-3H3. The zero-order valence-electron chi connectivity index (χ0n) is 9.52. The normalized spacial score (nSPS) is 11.4. The summed E-state index contributed by atoms with van der Waals surface area (Å²) in [4.78, 5) is 11.0. The summed E-state index contributed by atoms with van der Waals surface area (Å²) >= 11 is 0. The molecule has 0 radical (unpaired) electrons. The quantitative estimate of drug-likeness (QED) is 0.479. The lowest BCUT2D eigenvalue weighted by atomic mass is 10.5. The maximum atomic E-state index is 12.0. The van der Waals surface area contributed by atoms with Gasteiger partial charge in [-0.2, -0.15) is 0 Å². The predicted octanol–water partition coefficient (Wildman–Crippen LogP) is 2.21. The predicted molar refractivity (Wildman–Crippen MR) is 57.0 cm³/mol. The van der Waals surface area contributed by atoms with Crippen molar-refractivity contribution < 1.29 is 23.1 Å². The third kappa shape index (κ3) is 6.66. The van der Waals surface area contributed by atoms with E-state index in [1.54, 1.807) is 0 Å². The Bertz CT molecular complexity index is 217. The molecule has 0 aromatic rings. The lowest BCUT2D eigenvalue weighted by Gasteiger charge is -2.16. The Kier molecular flexibility index (Phi) is 7.65. The summed E-state index contributed by atoms with van der Waals surface area (Å²) in [6.07, 6.45) is 1.13. The first-order valence-corrected chi connectivity index (χ1v) is 6.75. The van der Waals surface area contributed by atoms with Gasteiger partial charge in [0.1, 0.15) is 6.16 Å². The van der Waals surface area contributed by atoms with Crippen LogP contribution in [0.2, 0.25) is 0 Å². The molecule has 0 rings (SSSR count). The van der Waals surface area contributed by atoms with E-state index < -0.39 is 13.6 Å². The Morgan fingerprint density at radius 3 is 1.93 bits per heavy atom. The smallest absolute Gasteiger partial charge is 0.341 e. The summed E-state index contributed by atoms with van der Waals surface area (Å²) in [6.45, 7) is 4.42. The first-order chi connectivity index (χ1) is 7.08. The Hall–Kier alpha value is -0.380. The van der Waals surface area contributed by atoms with E-state index in [0.29, 0.717) is 13.2 Å². The molecule has 0 aliphatic rings. The third-order valence-electron chi connectivity index (χ3n) is 1.53. The number of rotatable bonds is 8. The minimum Gasteiger partial charge on any atom is -0.469 e. The van der Waals surface area contributed by atoms with Crippen LogP contribution >= 0.6 is 7.60 Å². The highest BCUT2D eigenvalue weighted by molar-refractivity contribution is 7.54. The molecule has 0 aliphatic heterocycles. The Balaban J connectivity index is 4.26. The van der Waals surface area contributed by atoms with Crippen molar-refractivity contribution in [2.75, 3.05) is 26.5 Å². The highest BCUT2D eigenvalue weighted by Gasteiger charge is 2.28. The fourth-order valence-corrected chi connectivity index (χ4v) is 2.44. The van der Waals surface area contributed by atoms with Gasteiger partial charge in [0.2, 0.25) is 0 Å². The lowest BCUT2D eigenvalue weighted by molar-refractivity contribution is -0.137. The van der Waals surface area contributed by atoms with Gasteiger partial charge in [0.05, 0.1) is 20.3 Å². The monoisotopic (exact) mass is 238 g/mol. The average Bonchev–Trinajstić information content (AvgIpc) is 2.23. The van der Waals surface area contributed by atoms with E-state index in [2.05, 4.69) is 4.74 Å². The summed E-state index contributed by atoms with van der Waals surface area (Å²) in [5, 5.41) is 0. The molecule has 0 amide bonds. The summed E-state index contributed by atoms with van der Waals surface area (Å²) in [5.41, 5.74) is 0. The largest absolute Gasteiger partial charge is 0.469 e. The van der Waals surface area contributed by atoms with Crippen LogP contribution < -0.4 is 0 Å². The number of esters is 1. The van der Waals surface area contributed by atoms with Crippen LogP contribution in [0.5, 0.6) is 0 Å². The van der Waals surface area contributed by atoms with E-state index in [4.69, 9.17) is 9.05 Å². The first kappa shape index (κ1) is 14.6. The Labute approximate surface area is 90.6 Å². The number of hydrogen-bond acceptors (Lipinski definition) is 5. The van der Waals surface area contributed by atoms with E-state index in [1.165, 1.54) is 7.11 Å². The van der Waals surface area contributed by atoms with Gasteiger partial charge in [-0.05, 0) is 12.8 Å². The van der Waals surface area contributed by atoms with Gasteiger partial charge in [0.15, 0.2) is 0 Å². The molecule has 0 fully saturated rings. The maximum absolute atomic E-state index is 12.0. The molecule has 6 heteroatoms. The number of carbonyl (C=O) groups is 1. The van der Waals surface area contributed by atoms with Crippen molar-refractivity contribution in [3.05, 3.63) is 0 Å². The van der Waals surface area contributed by atoms with Crippen molar-refractivity contribution in [3.63, 3.8) is 0 Å². The second kappa shape index (κ2) is 7.85. The molecule has 0 atom stereocenters. The zero-order chi connectivity index (χ0) is 11.7. The molecule has 0 spiro atoms. The van der Waals surface area contributed by atoms with Crippen LogP contribution in [0.1, 0.15) is 26.7 Å². The topological polar surface area (TPSA) is 61.8 Å². The van der Waals surface area contributed by atoms with Crippen molar-refractivity contribution in [3.8, 4) is 0 Å². The maximum Gasteiger partial charge on any atom is 0.341 e. The van der Waals surface area contributed by atoms with Crippen LogP contribution in [-0.2, 0) is 23.1 Å². The molecule has 0 saturated heterocycles. The second-order valence-corrected chi connectivity index (χ2v) is 5.07. The molecule has 0 unspecified atom stereocenters. The highest BCUT2D eigenvalue weighted by Crippen LogP contribution is 2.48. The van der Waals surface area contributed by atoms with E-state index in [1.807, 2.05) is 13.8 Å². The average molecular weight is 238 g/mol. The van der Waals surface area contributed by atoms with Crippen molar-refractivity contribution in [2.45, 2.75) is 26.7 Å². The van der Waals surface area contributed by atoms with Crippen LogP contribution in [0.15, 0.2) is 0 Å². The first-order valence-electron chi connectivity index (χ1n) is 5.03. The molecule has 5 nitrogen and oxygen atoms in total. The molecule has 0 aromatic heterocycles.